The summed E-state index contributed by atoms with van der Waals surface area (Å²) < 4.78 is 15.3. The lowest BCUT2D eigenvalue weighted by atomic mass is 10.2. The second-order valence-corrected chi connectivity index (χ2v) is 5.05. The van der Waals surface area contributed by atoms with Crippen LogP contribution in [0, 0.1) is 24.1 Å². The summed E-state index contributed by atoms with van der Waals surface area (Å²) in [5.74, 6) is -0.305. The Hall–Kier alpha value is -2.45. The van der Waals surface area contributed by atoms with Gasteiger partial charge < -0.3 is 4.57 Å². The summed E-state index contributed by atoms with van der Waals surface area (Å²) in [6.45, 7) is 2.10. The van der Waals surface area contributed by atoms with Crippen LogP contribution in [0.25, 0.3) is 11.0 Å². The first-order chi connectivity index (χ1) is 10.1. The Kier molecular flexibility index (Phi) is 3.32. The lowest BCUT2D eigenvalue weighted by Gasteiger charge is -2.06. The molecule has 0 bridgehead atoms. The van der Waals surface area contributed by atoms with Gasteiger partial charge in [-0.3, -0.25) is 4.98 Å². The summed E-state index contributed by atoms with van der Waals surface area (Å²) in [6.07, 6.45) is 1.51. The van der Waals surface area contributed by atoms with Crippen LogP contribution in [0.15, 0.2) is 30.5 Å². The first-order valence-electron chi connectivity index (χ1n) is 6.25. The highest BCUT2D eigenvalue weighted by Gasteiger charge is 2.12. The SMILES string of the molecule is Cc1cc2c(cc1F)nc(Cl)n2Cc1ccc(C#N)cn1. The third-order valence-corrected chi connectivity index (χ3v) is 3.54. The summed E-state index contributed by atoms with van der Waals surface area (Å²) in [6, 6.07) is 8.56. The molecule has 3 aromatic rings. The molecule has 3 rings (SSSR count). The number of nitrogens with zero attached hydrogens (tertiary/aromatic N) is 4. The van der Waals surface area contributed by atoms with E-state index in [0.717, 1.165) is 11.2 Å². The number of fused-ring (bicyclic) bond motifs is 1. The second-order valence-electron chi connectivity index (χ2n) is 4.71. The third kappa shape index (κ3) is 2.46. The lowest BCUT2D eigenvalue weighted by molar-refractivity contribution is 0.620. The zero-order valence-corrected chi connectivity index (χ0v) is 11.9. The molecule has 0 amide bonds. The van der Waals surface area contributed by atoms with Crippen LogP contribution in [0.5, 0.6) is 0 Å². The molecule has 0 aliphatic carbocycles. The topological polar surface area (TPSA) is 54.5 Å². The van der Waals surface area contributed by atoms with Gasteiger partial charge in [-0.05, 0) is 42.3 Å². The van der Waals surface area contributed by atoms with Crippen molar-refractivity contribution in [2.75, 3.05) is 0 Å². The van der Waals surface area contributed by atoms with Crippen molar-refractivity contribution in [1.82, 2.24) is 14.5 Å². The van der Waals surface area contributed by atoms with Gasteiger partial charge in [0.25, 0.3) is 0 Å². The predicted octanol–water partition coefficient (Wildman–Crippen LogP) is 3.45. The molecular weight excluding hydrogens is 291 g/mol. The van der Waals surface area contributed by atoms with E-state index in [9.17, 15) is 4.39 Å². The molecule has 0 saturated heterocycles. The van der Waals surface area contributed by atoms with Gasteiger partial charge in [-0.2, -0.15) is 5.26 Å². The minimum absolute atomic E-state index is 0.279. The van der Waals surface area contributed by atoms with Gasteiger partial charge >= 0.3 is 0 Å². The molecule has 0 saturated carbocycles. The molecule has 0 spiro atoms. The number of pyridine rings is 1. The lowest BCUT2D eigenvalue weighted by Crippen LogP contribution is -2.02. The fourth-order valence-electron chi connectivity index (χ4n) is 2.12. The Balaban J connectivity index is 2.05. The fraction of sp³-hybridized carbons (Fsp3) is 0.133. The first-order valence-corrected chi connectivity index (χ1v) is 6.63. The number of benzene rings is 1. The maximum Gasteiger partial charge on any atom is 0.204 e. The van der Waals surface area contributed by atoms with E-state index < -0.39 is 0 Å². The van der Waals surface area contributed by atoms with E-state index in [4.69, 9.17) is 16.9 Å². The molecule has 1 aromatic carbocycles. The van der Waals surface area contributed by atoms with Gasteiger partial charge in [0.1, 0.15) is 11.9 Å². The van der Waals surface area contributed by atoms with Crippen LogP contribution in [0.3, 0.4) is 0 Å². The van der Waals surface area contributed by atoms with Gasteiger partial charge in [-0.25, -0.2) is 9.37 Å². The van der Waals surface area contributed by atoms with E-state index >= 15 is 0 Å². The van der Waals surface area contributed by atoms with Crippen molar-refractivity contribution in [3.8, 4) is 6.07 Å². The van der Waals surface area contributed by atoms with E-state index in [1.165, 1.54) is 12.3 Å². The normalized spacial score (nSPS) is 10.8. The van der Waals surface area contributed by atoms with Gasteiger partial charge in [0.15, 0.2) is 0 Å². The van der Waals surface area contributed by atoms with Crippen LogP contribution in [-0.2, 0) is 6.54 Å². The molecule has 104 valence electrons. The van der Waals surface area contributed by atoms with Crippen LogP contribution in [0.2, 0.25) is 5.28 Å². The number of nitriles is 1. The number of rotatable bonds is 2. The van der Waals surface area contributed by atoms with Crippen molar-refractivity contribution in [3.05, 3.63) is 58.4 Å². The standard InChI is InChI=1S/C15H10ClFN4/c1-9-4-14-13(5-12(9)17)20-15(16)21(14)8-11-3-2-10(6-18)7-19-11/h2-5,7H,8H2,1H3. The maximum atomic E-state index is 13.6. The summed E-state index contributed by atoms with van der Waals surface area (Å²) in [7, 11) is 0. The molecule has 21 heavy (non-hydrogen) atoms. The monoisotopic (exact) mass is 300 g/mol. The van der Waals surface area contributed by atoms with Crippen LogP contribution in [0.4, 0.5) is 4.39 Å². The molecule has 6 heteroatoms. The highest BCUT2D eigenvalue weighted by Crippen LogP contribution is 2.23. The summed E-state index contributed by atoms with van der Waals surface area (Å²) in [5, 5.41) is 9.04. The van der Waals surface area contributed by atoms with E-state index in [1.807, 2.05) is 6.07 Å². The summed E-state index contributed by atoms with van der Waals surface area (Å²) in [4.78, 5) is 8.36. The van der Waals surface area contributed by atoms with Gasteiger partial charge in [-0.1, -0.05) is 0 Å². The number of hydrogen-bond acceptors (Lipinski definition) is 3. The van der Waals surface area contributed by atoms with Crippen molar-refractivity contribution in [3.63, 3.8) is 0 Å². The Morgan fingerprint density at radius 2 is 2.19 bits per heavy atom. The average molecular weight is 301 g/mol. The molecule has 0 radical (unpaired) electrons. The van der Waals surface area contributed by atoms with E-state index in [1.54, 1.807) is 29.7 Å². The van der Waals surface area contributed by atoms with E-state index in [2.05, 4.69) is 9.97 Å². The molecule has 0 fully saturated rings. The third-order valence-electron chi connectivity index (χ3n) is 3.26. The fourth-order valence-corrected chi connectivity index (χ4v) is 2.36. The van der Waals surface area contributed by atoms with Crippen molar-refractivity contribution in [2.24, 2.45) is 0 Å². The molecule has 4 nitrogen and oxygen atoms in total. The van der Waals surface area contributed by atoms with Crippen molar-refractivity contribution >= 4 is 22.6 Å². The highest BCUT2D eigenvalue weighted by atomic mass is 35.5. The number of aryl methyl sites for hydroxylation is 1. The van der Waals surface area contributed by atoms with Crippen LogP contribution in [0.1, 0.15) is 16.8 Å². The molecular formula is C15H10ClFN4. The number of hydrogen-bond donors (Lipinski definition) is 0. The van der Waals surface area contributed by atoms with Gasteiger partial charge in [0.2, 0.25) is 5.28 Å². The summed E-state index contributed by atoms with van der Waals surface area (Å²) in [5.41, 5.74) is 3.05. The minimum atomic E-state index is -0.305. The molecule has 2 aromatic heterocycles. The average Bonchev–Trinajstić information content (AvgIpc) is 2.76. The van der Waals surface area contributed by atoms with Gasteiger partial charge in [0.05, 0.1) is 28.8 Å². The molecule has 0 aliphatic rings. The molecule has 2 heterocycles. The molecule has 0 unspecified atom stereocenters. The van der Waals surface area contributed by atoms with Gasteiger partial charge in [0, 0.05) is 12.3 Å². The number of halogens is 2. The van der Waals surface area contributed by atoms with Crippen molar-refractivity contribution < 1.29 is 4.39 Å². The zero-order valence-electron chi connectivity index (χ0n) is 11.1. The molecule has 0 atom stereocenters. The highest BCUT2D eigenvalue weighted by molar-refractivity contribution is 6.29. The smallest absolute Gasteiger partial charge is 0.204 e. The number of imidazole rings is 1. The maximum absolute atomic E-state index is 13.6. The minimum Gasteiger partial charge on any atom is -0.309 e. The quantitative estimate of drug-likeness (QED) is 0.728. The van der Waals surface area contributed by atoms with Crippen molar-refractivity contribution in [1.29, 1.82) is 5.26 Å². The number of aromatic nitrogens is 3. The largest absolute Gasteiger partial charge is 0.309 e. The molecule has 0 N–H and O–H groups in total. The molecule has 0 aliphatic heterocycles. The zero-order chi connectivity index (χ0) is 15.0. The van der Waals surface area contributed by atoms with Crippen LogP contribution in [-0.4, -0.2) is 14.5 Å². The van der Waals surface area contributed by atoms with Gasteiger partial charge in [-0.15, -0.1) is 0 Å². The Morgan fingerprint density at radius 1 is 1.38 bits per heavy atom. The Bertz CT molecular complexity index is 862. The Labute approximate surface area is 125 Å². The van der Waals surface area contributed by atoms with Crippen LogP contribution >= 0.6 is 11.6 Å². The second kappa shape index (κ2) is 5.15. The van der Waals surface area contributed by atoms with E-state index in [-0.39, 0.29) is 11.1 Å². The predicted molar refractivity (Wildman–Crippen MR) is 77.5 cm³/mol. The van der Waals surface area contributed by atoms with Crippen molar-refractivity contribution in [2.45, 2.75) is 13.5 Å². The first kappa shape index (κ1) is 13.5. The van der Waals surface area contributed by atoms with E-state index in [0.29, 0.717) is 23.2 Å². The Morgan fingerprint density at radius 3 is 2.86 bits per heavy atom. The van der Waals surface area contributed by atoms with Crippen LogP contribution < -0.4 is 0 Å². The summed E-state index contributed by atoms with van der Waals surface area (Å²) >= 11 is 6.13.